The Kier molecular flexibility index (Phi) is 11.5. The minimum atomic E-state index is 0.584. The summed E-state index contributed by atoms with van der Waals surface area (Å²) < 4.78 is 0. The second-order valence-corrected chi connectivity index (χ2v) is 4.65. The molecule has 0 fully saturated rings. The lowest BCUT2D eigenvalue weighted by atomic mass is 10.1. The second kappa shape index (κ2) is 12.8. The van der Waals surface area contributed by atoms with Crippen molar-refractivity contribution in [2.45, 2.75) is 46.5 Å². The molecule has 0 N–H and O–H groups in total. The van der Waals surface area contributed by atoms with Crippen molar-refractivity contribution in [3.05, 3.63) is 47.3 Å². The lowest BCUT2D eigenvalue weighted by Gasteiger charge is -2.00. The maximum atomic E-state index is 9.02. The number of rotatable bonds is 9. The van der Waals surface area contributed by atoms with Crippen LogP contribution in [0.5, 0.6) is 0 Å². The molecule has 0 aromatic carbocycles. The van der Waals surface area contributed by atoms with E-state index in [1.807, 2.05) is 26.0 Å². The van der Waals surface area contributed by atoms with Crippen LogP contribution in [0.15, 0.2) is 57.3 Å². The minimum absolute atomic E-state index is 0.584. The molecule has 0 saturated carbocycles. The maximum Gasteiger partial charge on any atom is 0.0992 e. The molecule has 0 heterocycles. The summed E-state index contributed by atoms with van der Waals surface area (Å²) in [6.07, 6.45) is 15.3. The first-order valence-corrected chi connectivity index (χ1v) is 7.28. The van der Waals surface area contributed by atoms with Gasteiger partial charge in [0.1, 0.15) is 0 Å². The van der Waals surface area contributed by atoms with Gasteiger partial charge in [-0.3, -0.25) is 9.98 Å². The third kappa shape index (κ3) is 10.3. The Morgan fingerprint density at radius 2 is 2.10 bits per heavy atom. The van der Waals surface area contributed by atoms with Crippen LogP contribution in [0.25, 0.3) is 0 Å². The Bertz CT molecular complexity index is 497. The van der Waals surface area contributed by atoms with E-state index >= 15 is 0 Å². The third-order valence-electron chi connectivity index (χ3n) is 2.72. The lowest BCUT2D eigenvalue weighted by Crippen LogP contribution is -1.87. The molecule has 0 amide bonds. The molecule has 0 saturated heterocycles. The Morgan fingerprint density at radius 1 is 1.33 bits per heavy atom. The second-order valence-electron chi connectivity index (χ2n) is 4.65. The molecule has 3 heteroatoms. The monoisotopic (exact) mass is 283 g/mol. The van der Waals surface area contributed by atoms with E-state index in [2.05, 4.69) is 29.7 Å². The SMILES string of the molecule is C=N\C=C(/C=N/C(C)=C\C(C#N)=C/C=C/C)CCCCC. The van der Waals surface area contributed by atoms with Gasteiger partial charge in [-0.15, -0.1) is 0 Å². The molecule has 21 heavy (non-hydrogen) atoms. The zero-order chi connectivity index (χ0) is 15.9. The first-order valence-electron chi connectivity index (χ1n) is 7.28. The summed E-state index contributed by atoms with van der Waals surface area (Å²) in [5.41, 5.74) is 2.43. The van der Waals surface area contributed by atoms with Gasteiger partial charge in [0.2, 0.25) is 0 Å². The zero-order valence-corrected chi connectivity index (χ0v) is 13.3. The van der Waals surface area contributed by atoms with Crippen molar-refractivity contribution in [3.8, 4) is 6.07 Å². The fourth-order valence-corrected chi connectivity index (χ4v) is 1.62. The fourth-order valence-electron chi connectivity index (χ4n) is 1.62. The summed E-state index contributed by atoms with van der Waals surface area (Å²) in [7, 11) is 0. The average molecular weight is 283 g/mol. The number of aliphatic imine (C=N–C) groups is 2. The smallest absolute Gasteiger partial charge is 0.0992 e. The molecule has 0 spiro atoms. The van der Waals surface area contributed by atoms with Crippen LogP contribution in [0.1, 0.15) is 46.5 Å². The quantitative estimate of drug-likeness (QED) is 0.250. The van der Waals surface area contributed by atoms with Crippen molar-refractivity contribution in [2.24, 2.45) is 9.98 Å². The summed E-state index contributed by atoms with van der Waals surface area (Å²) in [4.78, 5) is 8.20. The Labute approximate surface area is 128 Å². The topological polar surface area (TPSA) is 48.5 Å². The molecule has 112 valence electrons. The van der Waals surface area contributed by atoms with E-state index in [0.717, 1.165) is 24.1 Å². The molecular weight excluding hydrogens is 258 g/mol. The summed E-state index contributed by atoms with van der Waals surface area (Å²) in [6, 6.07) is 2.14. The molecule has 0 radical (unpaired) electrons. The van der Waals surface area contributed by atoms with Crippen molar-refractivity contribution < 1.29 is 0 Å². The van der Waals surface area contributed by atoms with Gasteiger partial charge in [0, 0.05) is 18.1 Å². The number of allylic oxidation sites excluding steroid dienone is 7. The van der Waals surface area contributed by atoms with Gasteiger partial charge in [-0.2, -0.15) is 5.26 Å². The summed E-state index contributed by atoms with van der Waals surface area (Å²) in [5, 5.41) is 9.02. The molecule has 0 aliphatic rings. The van der Waals surface area contributed by atoms with Crippen LogP contribution < -0.4 is 0 Å². The molecule has 0 aliphatic carbocycles. The van der Waals surface area contributed by atoms with E-state index in [9.17, 15) is 0 Å². The highest BCUT2D eigenvalue weighted by molar-refractivity contribution is 5.79. The Balaban J connectivity index is 4.84. The van der Waals surface area contributed by atoms with Crippen LogP contribution in [0.3, 0.4) is 0 Å². The predicted molar refractivity (Wildman–Crippen MR) is 92.5 cm³/mol. The van der Waals surface area contributed by atoms with Crippen molar-refractivity contribution in [3.63, 3.8) is 0 Å². The standard InChI is InChI=1S/C18H25N3/c1-5-7-9-11-18(14-20-4)15-21-16(3)12-17(13-19)10-8-6-2/h6,8,10,12,14-15H,4-5,7,9,11H2,1-3H3/b8-6+,16-12-,17-10+,18-14-,21-15+. The molecule has 0 aromatic heterocycles. The highest BCUT2D eigenvalue weighted by Gasteiger charge is 1.95. The molecule has 0 atom stereocenters. The number of nitriles is 1. The van der Waals surface area contributed by atoms with Crippen LogP contribution in [0, 0.1) is 11.3 Å². The summed E-state index contributed by atoms with van der Waals surface area (Å²) in [5.74, 6) is 0. The van der Waals surface area contributed by atoms with Crippen LogP contribution in [0.2, 0.25) is 0 Å². The van der Waals surface area contributed by atoms with E-state index in [-0.39, 0.29) is 0 Å². The van der Waals surface area contributed by atoms with Crippen molar-refractivity contribution in [2.75, 3.05) is 0 Å². The number of nitrogens with zero attached hydrogens (tertiary/aromatic N) is 3. The first kappa shape index (κ1) is 18.8. The molecule has 0 bridgehead atoms. The number of hydrogen-bond acceptors (Lipinski definition) is 3. The molecule has 0 aromatic rings. The fraction of sp³-hybridized carbons (Fsp3) is 0.389. The highest BCUT2D eigenvalue weighted by Crippen LogP contribution is 2.09. The largest absolute Gasteiger partial charge is 0.272 e. The van der Waals surface area contributed by atoms with E-state index < -0.39 is 0 Å². The summed E-state index contributed by atoms with van der Waals surface area (Å²) >= 11 is 0. The van der Waals surface area contributed by atoms with Crippen LogP contribution >= 0.6 is 0 Å². The first-order chi connectivity index (χ1) is 10.2. The molecule has 3 nitrogen and oxygen atoms in total. The van der Waals surface area contributed by atoms with Gasteiger partial charge in [-0.1, -0.05) is 31.9 Å². The summed E-state index contributed by atoms with van der Waals surface area (Å²) in [6.45, 7) is 9.46. The van der Waals surface area contributed by atoms with Crippen molar-refractivity contribution in [1.82, 2.24) is 0 Å². The number of unbranched alkanes of at least 4 members (excludes halogenated alkanes) is 2. The molecule has 0 aliphatic heterocycles. The normalized spacial score (nSPS) is 13.9. The molecule has 0 unspecified atom stereocenters. The van der Waals surface area contributed by atoms with E-state index in [4.69, 9.17) is 5.26 Å². The van der Waals surface area contributed by atoms with Crippen LogP contribution in [0.4, 0.5) is 0 Å². The van der Waals surface area contributed by atoms with Gasteiger partial charge in [-0.25, -0.2) is 0 Å². The van der Waals surface area contributed by atoms with Crippen molar-refractivity contribution in [1.29, 1.82) is 5.26 Å². The lowest BCUT2D eigenvalue weighted by molar-refractivity contribution is 0.722. The zero-order valence-electron chi connectivity index (χ0n) is 13.3. The van der Waals surface area contributed by atoms with Gasteiger partial charge >= 0.3 is 0 Å². The van der Waals surface area contributed by atoms with E-state index in [1.54, 1.807) is 24.6 Å². The van der Waals surface area contributed by atoms with Gasteiger partial charge < -0.3 is 0 Å². The predicted octanol–water partition coefficient (Wildman–Crippen LogP) is 5.15. The van der Waals surface area contributed by atoms with Gasteiger partial charge in [0.05, 0.1) is 11.6 Å². The van der Waals surface area contributed by atoms with Crippen LogP contribution in [-0.4, -0.2) is 12.9 Å². The maximum absolute atomic E-state index is 9.02. The molecule has 0 rings (SSSR count). The van der Waals surface area contributed by atoms with Gasteiger partial charge in [0.25, 0.3) is 0 Å². The minimum Gasteiger partial charge on any atom is -0.272 e. The molecular formula is C18H25N3. The van der Waals surface area contributed by atoms with Gasteiger partial charge in [-0.05, 0) is 51.1 Å². The van der Waals surface area contributed by atoms with Crippen molar-refractivity contribution >= 4 is 12.9 Å². The Morgan fingerprint density at radius 3 is 2.67 bits per heavy atom. The van der Waals surface area contributed by atoms with Crippen LogP contribution in [-0.2, 0) is 0 Å². The van der Waals surface area contributed by atoms with E-state index in [0.29, 0.717) is 5.57 Å². The number of hydrogen-bond donors (Lipinski definition) is 0. The average Bonchev–Trinajstić information content (AvgIpc) is 2.49. The van der Waals surface area contributed by atoms with Gasteiger partial charge in [0.15, 0.2) is 0 Å². The third-order valence-corrected chi connectivity index (χ3v) is 2.72. The Hall–Kier alpha value is -2.21. The highest BCUT2D eigenvalue weighted by atomic mass is 14.7. The van der Waals surface area contributed by atoms with E-state index in [1.165, 1.54) is 12.8 Å².